The first-order valence-electron chi connectivity index (χ1n) is 10.5. The van der Waals surface area contributed by atoms with E-state index in [1.165, 1.54) is 0 Å². The molecule has 29 heavy (non-hydrogen) atoms. The summed E-state index contributed by atoms with van der Waals surface area (Å²) in [7, 11) is 0. The minimum Gasteiger partial charge on any atom is -0.394 e. The van der Waals surface area contributed by atoms with Gasteiger partial charge in [-0.05, 0) is 18.1 Å². The number of nitrogens with zero attached hydrogens (tertiary/aromatic N) is 3. The predicted octanol–water partition coefficient (Wildman–Crippen LogP) is 0.614. The molecule has 8 heteroatoms. The van der Waals surface area contributed by atoms with Crippen molar-refractivity contribution in [3.8, 4) is 0 Å². The second-order valence-corrected chi connectivity index (χ2v) is 7.93. The summed E-state index contributed by atoms with van der Waals surface area (Å²) in [6.45, 7) is 6.09. The van der Waals surface area contributed by atoms with Crippen molar-refractivity contribution in [2.75, 3.05) is 57.4 Å². The van der Waals surface area contributed by atoms with E-state index >= 15 is 0 Å². The number of rotatable bonds is 5. The summed E-state index contributed by atoms with van der Waals surface area (Å²) in [5.41, 5.74) is 1.91. The van der Waals surface area contributed by atoms with Crippen LogP contribution in [0.1, 0.15) is 24.8 Å². The van der Waals surface area contributed by atoms with Crippen molar-refractivity contribution < 1.29 is 19.4 Å². The summed E-state index contributed by atoms with van der Waals surface area (Å²) in [6.07, 6.45) is 0.865. The van der Waals surface area contributed by atoms with Crippen LogP contribution >= 0.6 is 0 Å². The van der Waals surface area contributed by atoms with Crippen molar-refractivity contribution in [3.05, 3.63) is 29.8 Å². The lowest BCUT2D eigenvalue weighted by molar-refractivity contribution is -0.152. The van der Waals surface area contributed by atoms with Crippen molar-refractivity contribution >= 4 is 17.6 Å². The number of anilines is 1. The zero-order valence-electron chi connectivity index (χ0n) is 16.9. The number of carbonyl (C=O) groups excluding carboxylic acids is 2. The summed E-state index contributed by atoms with van der Waals surface area (Å²) in [6, 6.07) is 7.36. The Morgan fingerprint density at radius 1 is 1.24 bits per heavy atom. The SMILES string of the molecule is CCCNC(=O)N1C[C@@H]2[C@H](c3ccccc31)[C@H](CO)N2C(=O)CN1CCOCC1. The Hall–Kier alpha value is -2.16. The van der Waals surface area contributed by atoms with Crippen molar-refractivity contribution in [1.82, 2.24) is 15.1 Å². The van der Waals surface area contributed by atoms with Crippen molar-refractivity contribution in [1.29, 1.82) is 0 Å². The Morgan fingerprint density at radius 3 is 2.72 bits per heavy atom. The Balaban J connectivity index is 1.56. The van der Waals surface area contributed by atoms with E-state index in [0.29, 0.717) is 32.8 Å². The summed E-state index contributed by atoms with van der Waals surface area (Å²) in [4.78, 5) is 31.5. The Bertz CT molecular complexity index is 752. The highest BCUT2D eigenvalue weighted by Gasteiger charge is 2.55. The molecular formula is C21H30N4O4. The molecule has 2 saturated heterocycles. The average Bonchev–Trinajstić information content (AvgIpc) is 2.73. The molecule has 0 aromatic heterocycles. The normalized spacial score (nSPS) is 26.3. The minimum absolute atomic E-state index is 0.0143. The zero-order chi connectivity index (χ0) is 20.4. The molecule has 1 aromatic rings. The molecule has 3 atom stereocenters. The van der Waals surface area contributed by atoms with E-state index < -0.39 is 0 Å². The fraction of sp³-hybridized carbons (Fsp3) is 0.619. The molecule has 2 N–H and O–H groups in total. The molecule has 0 bridgehead atoms. The maximum atomic E-state index is 13.1. The number of likely N-dealkylation sites (tertiary alicyclic amines) is 1. The quantitative estimate of drug-likeness (QED) is 0.754. The van der Waals surface area contributed by atoms with Crippen LogP contribution in [0.15, 0.2) is 24.3 Å². The lowest BCUT2D eigenvalue weighted by Crippen LogP contribution is -2.72. The van der Waals surface area contributed by atoms with Crippen molar-refractivity contribution in [2.45, 2.75) is 31.3 Å². The molecule has 3 aliphatic rings. The number of benzene rings is 1. The Labute approximate surface area is 171 Å². The number of morpholine rings is 1. The van der Waals surface area contributed by atoms with Crippen LogP contribution < -0.4 is 10.2 Å². The predicted molar refractivity (Wildman–Crippen MR) is 109 cm³/mol. The number of para-hydroxylation sites is 1. The first-order valence-corrected chi connectivity index (χ1v) is 10.5. The molecule has 3 amide bonds. The van der Waals surface area contributed by atoms with E-state index in [4.69, 9.17) is 4.74 Å². The fourth-order valence-corrected chi connectivity index (χ4v) is 4.79. The lowest BCUT2D eigenvalue weighted by Gasteiger charge is -2.59. The van der Waals surface area contributed by atoms with Crippen LogP contribution in [0, 0.1) is 0 Å². The molecule has 0 radical (unpaired) electrons. The van der Waals surface area contributed by atoms with Gasteiger partial charge in [0.15, 0.2) is 0 Å². The van der Waals surface area contributed by atoms with Gasteiger partial charge < -0.3 is 20.1 Å². The third-order valence-corrected chi connectivity index (χ3v) is 6.21. The fourth-order valence-electron chi connectivity index (χ4n) is 4.79. The Morgan fingerprint density at radius 2 is 2.00 bits per heavy atom. The topological polar surface area (TPSA) is 85.4 Å². The van der Waals surface area contributed by atoms with Crippen LogP contribution in [-0.4, -0.2) is 91.5 Å². The van der Waals surface area contributed by atoms with Gasteiger partial charge in [0.05, 0.1) is 38.4 Å². The first-order chi connectivity index (χ1) is 14.2. The van der Waals surface area contributed by atoms with Crippen LogP contribution in [0.3, 0.4) is 0 Å². The molecular weight excluding hydrogens is 372 g/mol. The van der Waals surface area contributed by atoms with E-state index in [1.54, 1.807) is 9.80 Å². The van der Waals surface area contributed by atoms with Gasteiger partial charge in [-0.2, -0.15) is 0 Å². The number of aliphatic hydroxyl groups is 1. The van der Waals surface area contributed by atoms with Gasteiger partial charge >= 0.3 is 6.03 Å². The lowest BCUT2D eigenvalue weighted by atomic mass is 9.72. The maximum Gasteiger partial charge on any atom is 0.321 e. The van der Waals surface area contributed by atoms with Crippen molar-refractivity contribution in [2.24, 2.45) is 0 Å². The molecule has 0 spiro atoms. The smallest absolute Gasteiger partial charge is 0.321 e. The van der Waals surface area contributed by atoms with Gasteiger partial charge in [0.25, 0.3) is 0 Å². The van der Waals surface area contributed by atoms with E-state index in [1.807, 2.05) is 31.2 Å². The molecule has 0 unspecified atom stereocenters. The van der Waals surface area contributed by atoms with Gasteiger partial charge in [0, 0.05) is 37.8 Å². The van der Waals surface area contributed by atoms with Gasteiger partial charge in [-0.1, -0.05) is 25.1 Å². The number of amides is 3. The molecule has 3 aliphatic heterocycles. The van der Waals surface area contributed by atoms with Crippen LogP contribution in [0.2, 0.25) is 0 Å². The van der Waals surface area contributed by atoms with Crippen molar-refractivity contribution in [3.63, 3.8) is 0 Å². The van der Waals surface area contributed by atoms with Gasteiger partial charge in [0.2, 0.25) is 5.91 Å². The summed E-state index contributed by atoms with van der Waals surface area (Å²) < 4.78 is 5.36. The number of fused-ring (bicyclic) bond motifs is 3. The number of carbonyl (C=O) groups is 2. The molecule has 158 valence electrons. The summed E-state index contributed by atoms with van der Waals surface area (Å²) >= 11 is 0. The molecule has 4 rings (SSSR count). The highest BCUT2D eigenvalue weighted by atomic mass is 16.5. The monoisotopic (exact) mass is 402 g/mol. The molecule has 3 heterocycles. The third kappa shape index (κ3) is 3.72. The van der Waals surface area contributed by atoms with Gasteiger partial charge in [0.1, 0.15) is 0 Å². The highest BCUT2D eigenvalue weighted by Crippen LogP contribution is 2.48. The molecule has 0 saturated carbocycles. The number of aliphatic hydroxyl groups excluding tert-OH is 1. The van der Waals surface area contributed by atoms with Gasteiger partial charge in [-0.3, -0.25) is 14.6 Å². The molecule has 2 fully saturated rings. The van der Waals surface area contributed by atoms with E-state index in [9.17, 15) is 14.7 Å². The number of nitrogens with one attached hydrogen (secondary N) is 1. The average molecular weight is 402 g/mol. The second kappa shape index (κ2) is 8.69. The van der Waals surface area contributed by atoms with Crippen LogP contribution in [0.4, 0.5) is 10.5 Å². The second-order valence-electron chi connectivity index (χ2n) is 7.93. The number of hydrogen-bond acceptors (Lipinski definition) is 5. The minimum atomic E-state index is -0.240. The maximum absolute atomic E-state index is 13.1. The summed E-state index contributed by atoms with van der Waals surface area (Å²) in [5.74, 6) is 0.0700. The Kier molecular flexibility index (Phi) is 6.03. The van der Waals surface area contributed by atoms with E-state index in [0.717, 1.165) is 30.8 Å². The molecule has 1 aromatic carbocycles. The molecule has 8 nitrogen and oxygen atoms in total. The largest absolute Gasteiger partial charge is 0.394 e. The summed E-state index contributed by atoms with van der Waals surface area (Å²) in [5, 5.41) is 13.0. The van der Waals surface area contributed by atoms with E-state index in [2.05, 4.69) is 10.2 Å². The molecule has 0 aliphatic carbocycles. The van der Waals surface area contributed by atoms with Gasteiger partial charge in [-0.25, -0.2) is 4.79 Å². The third-order valence-electron chi connectivity index (χ3n) is 6.21. The van der Waals surface area contributed by atoms with Crippen LogP contribution in [0.25, 0.3) is 0 Å². The number of hydrogen-bond donors (Lipinski definition) is 2. The van der Waals surface area contributed by atoms with Crippen LogP contribution in [-0.2, 0) is 9.53 Å². The standard InChI is InChI=1S/C21H30N4O4/c1-2-7-22-21(28)24-12-17-20(15-5-3-4-6-16(15)24)18(14-26)25(17)19(27)13-23-8-10-29-11-9-23/h3-6,17-18,20,26H,2,7-14H2,1H3,(H,22,28)/t17-,18+,20+/m1/s1. The highest BCUT2D eigenvalue weighted by molar-refractivity contribution is 5.94. The van der Waals surface area contributed by atoms with Crippen LogP contribution in [0.5, 0.6) is 0 Å². The zero-order valence-corrected chi connectivity index (χ0v) is 16.9. The first kappa shape index (κ1) is 20.1. The van der Waals surface area contributed by atoms with E-state index in [-0.39, 0.29) is 36.5 Å². The van der Waals surface area contributed by atoms with Gasteiger partial charge in [-0.15, -0.1) is 0 Å². The number of urea groups is 1. The number of ether oxygens (including phenoxy) is 1.